The standard InChI is InChI=1S/C14H28BFN4O7S/c16-4-5-20(12-8-27-7-11(12)17)28(25,26)19-6-10(2-1-3-15(23)24)14(18,9-19)13(21)22/h10-12,23-24H,1-9,17-18H2,(H,21,22)/t10-,11?,12?,14-/m0/s1. The predicted molar refractivity (Wildman–Crippen MR) is 98.0 cm³/mol. The maximum Gasteiger partial charge on any atom is 0.451 e. The first-order valence-electron chi connectivity index (χ1n) is 9.08. The minimum Gasteiger partial charge on any atom is -0.480 e. The van der Waals surface area contributed by atoms with Crippen molar-refractivity contribution in [1.82, 2.24) is 8.61 Å². The van der Waals surface area contributed by atoms with Gasteiger partial charge < -0.3 is 31.4 Å². The molecule has 0 aromatic rings. The summed E-state index contributed by atoms with van der Waals surface area (Å²) in [5.41, 5.74) is 10.1. The minimum atomic E-state index is -4.23. The van der Waals surface area contributed by atoms with Crippen molar-refractivity contribution in [3.05, 3.63) is 0 Å². The molecule has 7 N–H and O–H groups in total. The second kappa shape index (κ2) is 9.30. The maximum atomic E-state index is 13.1. The number of hydrogen-bond acceptors (Lipinski definition) is 8. The van der Waals surface area contributed by atoms with Crippen molar-refractivity contribution < 1.29 is 37.5 Å². The SMILES string of the molecule is NC1COCC1N(CCF)S(=O)(=O)N1C[C@H](CCCB(O)O)[C@](N)(C(=O)O)C1. The highest BCUT2D eigenvalue weighted by Gasteiger charge is 2.54. The fraction of sp³-hybridized carbons (Fsp3) is 0.929. The summed E-state index contributed by atoms with van der Waals surface area (Å²) in [4.78, 5) is 11.7. The number of hydrogen-bond donors (Lipinski definition) is 5. The van der Waals surface area contributed by atoms with Crippen LogP contribution in [0, 0.1) is 5.92 Å². The van der Waals surface area contributed by atoms with Crippen molar-refractivity contribution in [1.29, 1.82) is 0 Å². The summed E-state index contributed by atoms with van der Waals surface area (Å²) in [5.74, 6) is -2.09. The normalized spacial score (nSPS) is 31.6. The summed E-state index contributed by atoms with van der Waals surface area (Å²) in [7, 11) is -5.77. The van der Waals surface area contributed by atoms with Gasteiger partial charge in [-0.2, -0.15) is 17.0 Å². The van der Waals surface area contributed by atoms with E-state index in [0.717, 1.165) is 8.61 Å². The quantitative estimate of drug-likeness (QED) is 0.231. The van der Waals surface area contributed by atoms with Crippen LogP contribution in [0.4, 0.5) is 4.39 Å². The number of alkyl halides is 1. The Morgan fingerprint density at radius 2 is 2.07 bits per heavy atom. The van der Waals surface area contributed by atoms with Gasteiger partial charge in [0.2, 0.25) is 0 Å². The lowest BCUT2D eigenvalue weighted by atomic mass is 9.78. The number of carbonyl (C=O) groups is 1. The van der Waals surface area contributed by atoms with Crippen molar-refractivity contribution in [3.63, 3.8) is 0 Å². The number of carboxylic acids is 1. The van der Waals surface area contributed by atoms with Gasteiger partial charge in [0.15, 0.2) is 0 Å². The van der Waals surface area contributed by atoms with Gasteiger partial charge in [-0.1, -0.05) is 6.42 Å². The Labute approximate surface area is 163 Å². The number of nitrogens with two attached hydrogens (primary N) is 2. The number of nitrogens with zero attached hydrogens (tertiary/aromatic N) is 2. The topological polar surface area (TPSA) is 180 Å². The zero-order chi connectivity index (χ0) is 21.1. The molecule has 2 aliphatic rings. The molecule has 14 heteroatoms. The second-order valence-electron chi connectivity index (χ2n) is 7.32. The Kier molecular flexibility index (Phi) is 7.78. The van der Waals surface area contributed by atoms with Crippen LogP contribution in [-0.2, 0) is 19.7 Å². The maximum absolute atomic E-state index is 13.1. The van der Waals surface area contributed by atoms with Gasteiger partial charge in [-0.15, -0.1) is 0 Å². The largest absolute Gasteiger partial charge is 0.480 e. The summed E-state index contributed by atoms with van der Waals surface area (Å²) >= 11 is 0. The van der Waals surface area contributed by atoms with Crippen LogP contribution in [0.25, 0.3) is 0 Å². The molecule has 0 radical (unpaired) electrons. The molecule has 2 aliphatic heterocycles. The highest BCUT2D eigenvalue weighted by molar-refractivity contribution is 7.86. The molecule has 2 heterocycles. The van der Waals surface area contributed by atoms with E-state index in [-0.39, 0.29) is 38.9 Å². The molecule has 162 valence electrons. The van der Waals surface area contributed by atoms with E-state index >= 15 is 0 Å². The number of rotatable bonds is 10. The minimum absolute atomic E-state index is 0.0151. The van der Waals surface area contributed by atoms with Gasteiger partial charge in [0, 0.05) is 31.6 Å². The highest BCUT2D eigenvalue weighted by Crippen LogP contribution is 2.34. The van der Waals surface area contributed by atoms with Crippen molar-refractivity contribution in [2.75, 3.05) is 39.5 Å². The fourth-order valence-corrected chi connectivity index (χ4v) is 5.65. The van der Waals surface area contributed by atoms with Crippen molar-refractivity contribution in [2.45, 2.75) is 36.8 Å². The van der Waals surface area contributed by atoms with Gasteiger partial charge in [0.05, 0.1) is 19.3 Å². The van der Waals surface area contributed by atoms with E-state index in [9.17, 15) is 22.7 Å². The Morgan fingerprint density at radius 1 is 1.39 bits per heavy atom. The Balaban J connectivity index is 2.22. The van der Waals surface area contributed by atoms with Gasteiger partial charge in [-0.05, 0) is 12.7 Å². The zero-order valence-corrected chi connectivity index (χ0v) is 16.3. The van der Waals surface area contributed by atoms with Crippen LogP contribution < -0.4 is 11.5 Å². The molecule has 2 unspecified atom stereocenters. The first kappa shape index (κ1) is 23.4. The van der Waals surface area contributed by atoms with E-state index in [0.29, 0.717) is 0 Å². The third-order valence-corrected chi connectivity index (χ3v) is 7.37. The lowest BCUT2D eigenvalue weighted by molar-refractivity contribution is -0.144. The number of aliphatic carboxylic acids is 1. The van der Waals surface area contributed by atoms with Crippen LogP contribution in [0.2, 0.25) is 6.32 Å². The molecular formula is C14H28BFN4O7S. The van der Waals surface area contributed by atoms with E-state index in [1.54, 1.807) is 0 Å². The summed E-state index contributed by atoms with van der Waals surface area (Å²) in [6, 6.07) is -1.37. The number of halogens is 1. The van der Waals surface area contributed by atoms with Crippen molar-refractivity contribution in [2.24, 2.45) is 17.4 Å². The first-order chi connectivity index (χ1) is 13.0. The van der Waals surface area contributed by atoms with E-state index in [2.05, 4.69) is 0 Å². The molecule has 2 rings (SSSR count). The van der Waals surface area contributed by atoms with E-state index < -0.39 is 66.6 Å². The average molecular weight is 426 g/mol. The fourth-order valence-electron chi connectivity index (χ4n) is 3.75. The summed E-state index contributed by atoms with van der Waals surface area (Å²) in [6.07, 6.45) is 0.473. The molecule has 0 saturated carbocycles. The third kappa shape index (κ3) is 4.82. The molecule has 0 bridgehead atoms. The Bertz CT molecular complexity index is 658. The Hall–Kier alpha value is -0.865. The van der Waals surface area contributed by atoms with E-state index in [1.807, 2.05) is 0 Å². The first-order valence-corrected chi connectivity index (χ1v) is 10.5. The van der Waals surface area contributed by atoms with E-state index in [4.69, 9.17) is 26.3 Å². The molecule has 11 nitrogen and oxygen atoms in total. The van der Waals surface area contributed by atoms with Crippen LogP contribution in [0.1, 0.15) is 12.8 Å². The smallest absolute Gasteiger partial charge is 0.451 e. The second-order valence-corrected chi connectivity index (χ2v) is 9.20. The van der Waals surface area contributed by atoms with Gasteiger partial charge in [0.1, 0.15) is 12.2 Å². The molecule has 2 saturated heterocycles. The molecule has 0 aromatic heterocycles. The van der Waals surface area contributed by atoms with E-state index in [1.165, 1.54) is 0 Å². The molecule has 2 fully saturated rings. The van der Waals surface area contributed by atoms with Crippen LogP contribution >= 0.6 is 0 Å². The van der Waals surface area contributed by atoms with Gasteiger partial charge in [0.25, 0.3) is 10.2 Å². The molecule has 4 atom stereocenters. The number of ether oxygens (including phenoxy) is 1. The average Bonchev–Trinajstić information content (AvgIpc) is 3.17. The van der Waals surface area contributed by atoms with Gasteiger partial charge >= 0.3 is 13.1 Å². The molecule has 0 amide bonds. The van der Waals surface area contributed by atoms with Crippen molar-refractivity contribution in [3.8, 4) is 0 Å². The Morgan fingerprint density at radius 3 is 2.57 bits per heavy atom. The summed E-state index contributed by atoms with van der Waals surface area (Å²) in [5, 5.41) is 27.5. The third-order valence-electron chi connectivity index (χ3n) is 5.39. The van der Waals surface area contributed by atoms with Crippen LogP contribution in [-0.4, -0.2) is 102 Å². The number of carboxylic acid groups (broad SMARTS) is 1. The molecule has 28 heavy (non-hydrogen) atoms. The molecule has 0 aliphatic carbocycles. The van der Waals surface area contributed by atoms with Crippen LogP contribution in [0.3, 0.4) is 0 Å². The predicted octanol–water partition coefficient (Wildman–Crippen LogP) is -2.80. The van der Waals surface area contributed by atoms with Gasteiger partial charge in [-0.3, -0.25) is 4.79 Å². The van der Waals surface area contributed by atoms with Gasteiger partial charge in [-0.25, -0.2) is 4.39 Å². The monoisotopic (exact) mass is 426 g/mol. The van der Waals surface area contributed by atoms with Crippen LogP contribution in [0.5, 0.6) is 0 Å². The molecule has 0 spiro atoms. The summed E-state index contributed by atoms with van der Waals surface area (Å²) < 4.78 is 46.4. The molecular weight excluding hydrogens is 398 g/mol. The zero-order valence-electron chi connectivity index (χ0n) is 15.5. The lowest BCUT2D eigenvalue weighted by Crippen LogP contribution is -2.57. The van der Waals surface area contributed by atoms with Crippen molar-refractivity contribution >= 4 is 23.3 Å². The lowest BCUT2D eigenvalue weighted by Gasteiger charge is -2.32. The van der Waals surface area contributed by atoms with Crippen LogP contribution in [0.15, 0.2) is 0 Å². The summed E-state index contributed by atoms with van der Waals surface area (Å²) in [6.45, 7) is -1.82. The highest BCUT2D eigenvalue weighted by atomic mass is 32.2. The molecule has 0 aromatic carbocycles.